The Morgan fingerprint density at radius 2 is 2.05 bits per heavy atom. The average Bonchev–Trinajstić information content (AvgIpc) is 2.43. The van der Waals surface area contributed by atoms with Gasteiger partial charge < -0.3 is 15.3 Å². The number of nitrogens with one attached hydrogen (secondary N) is 1. The molecule has 1 aromatic carbocycles. The van der Waals surface area contributed by atoms with Gasteiger partial charge in [0.1, 0.15) is 5.82 Å². The fourth-order valence-electron chi connectivity index (χ4n) is 1.69. The highest BCUT2D eigenvalue weighted by Crippen LogP contribution is 2.06. The van der Waals surface area contributed by atoms with E-state index in [4.69, 9.17) is 5.11 Å². The number of urea groups is 1. The third-order valence-electron chi connectivity index (χ3n) is 2.97. The van der Waals surface area contributed by atoms with Gasteiger partial charge in [0.15, 0.2) is 0 Å². The number of benzene rings is 1. The molecule has 110 valence electrons. The van der Waals surface area contributed by atoms with Crippen LogP contribution in [0.15, 0.2) is 24.3 Å². The van der Waals surface area contributed by atoms with Crippen molar-refractivity contribution in [2.45, 2.75) is 20.4 Å². The minimum Gasteiger partial charge on any atom is -0.481 e. The Morgan fingerprint density at radius 3 is 2.60 bits per heavy atom. The maximum atomic E-state index is 13.4. The van der Waals surface area contributed by atoms with Crippen molar-refractivity contribution in [2.24, 2.45) is 5.92 Å². The Balaban J connectivity index is 2.56. The first-order valence-electron chi connectivity index (χ1n) is 6.44. The monoisotopic (exact) mass is 282 g/mol. The summed E-state index contributed by atoms with van der Waals surface area (Å²) >= 11 is 0. The normalized spacial score (nSPS) is 11.8. The third-order valence-corrected chi connectivity index (χ3v) is 2.97. The predicted octanol–water partition coefficient (Wildman–Crippen LogP) is 2.08. The lowest BCUT2D eigenvalue weighted by molar-refractivity contribution is -0.141. The van der Waals surface area contributed by atoms with E-state index in [1.165, 1.54) is 17.9 Å². The van der Waals surface area contributed by atoms with Crippen molar-refractivity contribution in [1.82, 2.24) is 10.2 Å². The molecule has 1 aromatic rings. The zero-order valence-electron chi connectivity index (χ0n) is 11.6. The molecule has 1 rings (SSSR count). The van der Waals surface area contributed by atoms with Crippen molar-refractivity contribution in [2.75, 3.05) is 13.1 Å². The van der Waals surface area contributed by atoms with E-state index in [2.05, 4.69) is 5.32 Å². The summed E-state index contributed by atoms with van der Waals surface area (Å²) in [6, 6.07) is 5.78. The van der Waals surface area contributed by atoms with Crippen LogP contribution in [0.4, 0.5) is 9.18 Å². The molecular formula is C14H19FN2O3. The number of carbonyl (C=O) groups is 2. The number of carboxylic acid groups (broad SMARTS) is 1. The van der Waals surface area contributed by atoms with Crippen LogP contribution in [0.25, 0.3) is 0 Å². The Morgan fingerprint density at radius 1 is 1.40 bits per heavy atom. The number of rotatable bonds is 6. The number of aliphatic carboxylic acids is 1. The molecule has 6 heteroatoms. The van der Waals surface area contributed by atoms with Gasteiger partial charge in [-0.05, 0) is 13.0 Å². The van der Waals surface area contributed by atoms with Gasteiger partial charge in [-0.2, -0.15) is 0 Å². The first-order chi connectivity index (χ1) is 9.45. The predicted molar refractivity (Wildman–Crippen MR) is 72.7 cm³/mol. The van der Waals surface area contributed by atoms with Gasteiger partial charge in [0.2, 0.25) is 0 Å². The molecule has 2 N–H and O–H groups in total. The second-order valence-corrected chi connectivity index (χ2v) is 4.53. The molecule has 0 fully saturated rings. The summed E-state index contributed by atoms with van der Waals surface area (Å²) in [6.45, 7) is 3.88. The second kappa shape index (κ2) is 7.47. The van der Waals surface area contributed by atoms with Crippen LogP contribution in [0.2, 0.25) is 0 Å². The minimum atomic E-state index is -0.953. The maximum Gasteiger partial charge on any atom is 0.317 e. The van der Waals surface area contributed by atoms with E-state index in [9.17, 15) is 14.0 Å². The molecular weight excluding hydrogens is 263 g/mol. The summed E-state index contributed by atoms with van der Waals surface area (Å²) in [6.07, 6.45) is 0. The summed E-state index contributed by atoms with van der Waals surface area (Å²) in [5.41, 5.74) is 0.392. The van der Waals surface area contributed by atoms with Gasteiger partial charge in [0.05, 0.1) is 5.92 Å². The summed E-state index contributed by atoms with van der Waals surface area (Å²) < 4.78 is 13.4. The number of carboxylic acids is 1. The van der Waals surface area contributed by atoms with Crippen LogP contribution < -0.4 is 5.32 Å². The molecule has 0 aromatic heterocycles. The topological polar surface area (TPSA) is 69.6 Å². The van der Waals surface area contributed by atoms with Crippen molar-refractivity contribution in [3.8, 4) is 0 Å². The molecule has 2 amide bonds. The average molecular weight is 282 g/mol. The van der Waals surface area contributed by atoms with Gasteiger partial charge in [-0.1, -0.05) is 25.1 Å². The van der Waals surface area contributed by atoms with Crippen molar-refractivity contribution in [3.63, 3.8) is 0 Å². The van der Waals surface area contributed by atoms with E-state index in [1.54, 1.807) is 25.1 Å². The highest BCUT2D eigenvalue weighted by molar-refractivity contribution is 5.75. The molecule has 0 spiro atoms. The summed E-state index contributed by atoms with van der Waals surface area (Å²) in [7, 11) is 0. The van der Waals surface area contributed by atoms with E-state index in [1.807, 2.05) is 0 Å². The number of hydrogen-bond donors (Lipinski definition) is 2. The van der Waals surface area contributed by atoms with Crippen LogP contribution in [0.5, 0.6) is 0 Å². The van der Waals surface area contributed by atoms with Gasteiger partial charge >= 0.3 is 12.0 Å². The Bertz CT molecular complexity index is 479. The molecule has 0 aliphatic carbocycles. The molecule has 20 heavy (non-hydrogen) atoms. The van der Waals surface area contributed by atoms with Crippen LogP contribution in [-0.4, -0.2) is 35.1 Å². The van der Waals surface area contributed by atoms with Crippen LogP contribution in [-0.2, 0) is 11.3 Å². The summed E-state index contributed by atoms with van der Waals surface area (Å²) in [5, 5.41) is 11.4. The van der Waals surface area contributed by atoms with Crippen molar-refractivity contribution in [1.29, 1.82) is 0 Å². The minimum absolute atomic E-state index is 0.0729. The van der Waals surface area contributed by atoms with E-state index >= 15 is 0 Å². The fraction of sp³-hybridized carbons (Fsp3) is 0.429. The van der Waals surface area contributed by atoms with Gasteiger partial charge in [0.25, 0.3) is 0 Å². The summed E-state index contributed by atoms with van der Waals surface area (Å²) in [4.78, 5) is 24.1. The highest BCUT2D eigenvalue weighted by atomic mass is 19.1. The first kappa shape index (κ1) is 15.9. The van der Waals surface area contributed by atoms with E-state index in [0.717, 1.165) is 0 Å². The number of amides is 2. The zero-order chi connectivity index (χ0) is 15.1. The molecule has 0 bridgehead atoms. The van der Waals surface area contributed by atoms with Gasteiger partial charge in [0, 0.05) is 25.2 Å². The SMILES string of the molecule is CCN(CC(C)C(=O)O)C(=O)NCc1ccccc1F. The molecule has 0 saturated carbocycles. The quantitative estimate of drug-likeness (QED) is 0.839. The van der Waals surface area contributed by atoms with Crippen LogP contribution in [0, 0.1) is 11.7 Å². The molecule has 0 radical (unpaired) electrons. The third kappa shape index (κ3) is 4.53. The molecule has 5 nitrogen and oxygen atoms in total. The van der Waals surface area contributed by atoms with Crippen LogP contribution in [0.3, 0.4) is 0 Å². The van der Waals surface area contributed by atoms with Gasteiger partial charge in [-0.25, -0.2) is 9.18 Å². The second-order valence-electron chi connectivity index (χ2n) is 4.53. The molecule has 0 saturated heterocycles. The first-order valence-corrected chi connectivity index (χ1v) is 6.44. The summed E-state index contributed by atoms with van der Waals surface area (Å²) in [5.74, 6) is -1.98. The van der Waals surface area contributed by atoms with Gasteiger partial charge in [-0.3, -0.25) is 4.79 Å². The van der Waals surface area contributed by atoms with Crippen LogP contribution >= 0.6 is 0 Å². The fourth-order valence-corrected chi connectivity index (χ4v) is 1.69. The zero-order valence-corrected chi connectivity index (χ0v) is 11.6. The Kier molecular flexibility index (Phi) is 5.96. The standard InChI is InChI=1S/C14H19FN2O3/c1-3-17(9-10(2)13(18)19)14(20)16-8-11-6-4-5-7-12(11)15/h4-7,10H,3,8-9H2,1-2H3,(H,16,20)(H,18,19). The highest BCUT2D eigenvalue weighted by Gasteiger charge is 2.19. The van der Waals surface area contributed by atoms with Crippen molar-refractivity contribution >= 4 is 12.0 Å². The largest absolute Gasteiger partial charge is 0.481 e. The number of carbonyl (C=O) groups excluding carboxylic acids is 1. The van der Waals surface area contributed by atoms with Gasteiger partial charge in [-0.15, -0.1) is 0 Å². The number of halogens is 1. The van der Waals surface area contributed by atoms with Crippen molar-refractivity contribution in [3.05, 3.63) is 35.6 Å². The molecule has 0 aliphatic heterocycles. The van der Waals surface area contributed by atoms with Crippen molar-refractivity contribution < 1.29 is 19.1 Å². The molecule has 1 atom stereocenters. The molecule has 0 heterocycles. The number of nitrogens with zero attached hydrogens (tertiary/aromatic N) is 1. The molecule has 0 aliphatic rings. The lowest BCUT2D eigenvalue weighted by Gasteiger charge is -2.23. The van der Waals surface area contributed by atoms with Crippen LogP contribution in [0.1, 0.15) is 19.4 Å². The lowest BCUT2D eigenvalue weighted by atomic mass is 10.2. The lowest BCUT2D eigenvalue weighted by Crippen LogP contribution is -2.43. The van der Waals surface area contributed by atoms with E-state index in [-0.39, 0.29) is 18.9 Å². The van der Waals surface area contributed by atoms with E-state index < -0.39 is 17.9 Å². The Hall–Kier alpha value is -2.11. The molecule has 1 unspecified atom stereocenters. The number of hydrogen-bond acceptors (Lipinski definition) is 2. The Labute approximate surface area is 117 Å². The smallest absolute Gasteiger partial charge is 0.317 e. The maximum absolute atomic E-state index is 13.4. The van der Waals surface area contributed by atoms with E-state index in [0.29, 0.717) is 12.1 Å².